The lowest BCUT2D eigenvalue weighted by Gasteiger charge is -2.40. The zero-order chi connectivity index (χ0) is 14.2. The van der Waals surface area contributed by atoms with Crippen molar-refractivity contribution in [3.05, 3.63) is 0 Å². The van der Waals surface area contributed by atoms with Crippen LogP contribution in [0.5, 0.6) is 0 Å². The second kappa shape index (κ2) is 5.14. The molecule has 108 valence electrons. The van der Waals surface area contributed by atoms with E-state index in [2.05, 4.69) is 5.32 Å². The van der Waals surface area contributed by atoms with Gasteiger partial charge in [-0.2, -0.15) is 0 Å². The Morgan fingerprint density at radius 2 is 1.95 bits per heavy atom. The summed E-state index contributed by atoms with van der Waals surface area (Å²) >= 11 is 0. The van der Waals surface area contributed by atoms with Crippen LogP contribution >= 0.6 is 0 Å². The van der Waals surface area contributed by atoms with Gasteiger partial charge in [-0.3, -0.25) is 4.79 Å². The zero-order valence-corrected chi connectivity index (χ0v) is 12.4. The fourth-order valence-corrected chi connectivity index (χ4v) is 3.40. The van der Waals surface area contributed by atoms with Gasteiger partial charge in [-0.1, -0.05) is 12.8 Å². The molecule has 2 saturated carbocycles. The molecular formula is C15H25NO3. The number of carbonyl (C=O) groups is 2. The van der Waals surface area contributed by atoms with Gasteiger partial charge in [0.05, 0.1) is 6.04 Å². The van der Waals surface area contributed by atoms with Crippen molar-refractivity contribution in [2.24, 2.45) is 17.8 Å². The first-order valence-corrected chi connectivity index (χ1v) is 7.31. The molecule has 1 N–H and O–H groups in total. The van der Waals surface area contributed by atoms with Crippen LogP contribution in [0.25, 0.3) is 0 Å². The molecule has 0 bridgehead atoms. The van der Waals surface area contributed by atoms with Crippen LogP contribution in [0.4, 0.5) is 4.79 Å². The molecule has 0 aliphatic heterocycles. The van der Waals surface area contributed by atoms with Crippen LogP contribution in [-0.2, 0) is 9.53 Å². The Morgan fingerprint density at radius 3 is 2.53 bits per heavy atom. The van der Waals surface area contributed by atoms with Crippen molar-refractivity contribution in [2.45, 2.75) is 65.0 Å². The Bertz CT molecular complexity index is 372. The van der Waals surface area contributed by atoms with Gasteiger partial charge in [-0.15, -0.1) is 0 Å². The highest BCUT2D eigenvalue weighted by Crippen LogP contribution is 2.51. The van der Waals surface area contributed by atoms with Crippen molar-refractivity contribution >= 4 is 11.9 Å². The number of fused-ring (bicyclic) bond motifs is 1. The van der Waals surface area contributed by atoms with Gasteiger partial charge in [-0.05, 0) is 52.4 Å². The van der Waals surface area contributed by atoms with Crippen LogP contribution in [0.2, 0.25) is 0 Å². The molecule has 0 saturated heterocycles. The minimum Gasteiger partial charge on any atom is -0.444 e. The SMILES string of the molecule is C[C@@H](NC(=O)OC(C)(C)C)C(=O)C1CC2CCCC21. The van der Waals surface area contributed by atoms with Gasteiger partial charge in [0.15, 0.2) is 5.78 Å². The molecule has 2 aliphatic carbocycles. The van der Waals surface area contributed by atoms with E-state index >= 15 is 0 Å². The molecule has 4 atom stereocenters. The van der Waals surface area contributed by atoms with E-state index in [1.807, 2.05) is 20.8 Å². The molecule has 0 aromatic rings. The lowest BCUT2D eigenvalue weighted by molar-refractivity contribution is -0.131. The van der Waals surface area contributed by atoms with Gasteiger partial charge in [0.25, 0.3) is 0 Å². The quantitative estimate of drug-likeness (QED) is 0.855. The Hall–Kier alpha value is -1.06. The van der Waals surface area contributed by atoms with E-state index in [9.17, 15) is 9.59 Å². The van der Waals surface area contributed by atoms with Gasteiger partial charge in [-0.25, -0.2) is 4.79 Å². The average Bonchev–Trinajstić information content (AvgIpc) is 2.57. The fourth-order valence-electron chi connectivity index (χ4n) is 3.40. The van der Waals surface area contributed by atoms with Crippen molar-refractivity contribution < 1.29 is 14.3 Å². The molecule has 0 radical (unpaired) electrons. The zero-order valence-electron chi connectivity index (χ0n) is 12.4. The Kier molecular flexibility index (Phi) is 3.88. The number of ketones is 1. The average molecular weight is 267 g/mol. The number of carbonyl (C=O) groups excluding carboxylic acids is 2. The number of ether oxygens (including phenoxy) is 1. The highest BCUT2D eigenvalue weighted by Gasteiger charge is 2.48. The Morgan fingerprint density at radius 1 is 1.26 bits per heavy atom. The lowest BCUT2D eigenvalue weighted by Crippen LogP contribution is -2.49. The topological polar surface area (TPSA) is 55.4 Å². The van der Waals surface area contributed by atoms with Gasteiger partial charge in [0.2, 0.25) is 0 Å². The molecule has 2 rings (SSSR count). The minimum absolute atomic E-state index is 0.164. The lowest BCUT2D eigenvalue weighted by atomic mass is 9.64. The molecule has 2 aliphatic rings. The molecule has 0 spiro atoms. The molecule has 0 aromatic heterocycles. The molecule has 2 fully saturated rings. The smallest absolute Gasteiger partial charge is 0.408 e. The van der Waals surface area contributed by atoms with Gasteiger partial charge in [0.1, 0.15) is 5.60 Å². The van der Waals surface area contributed by atoms with Crippen LogP contribution in [0, 0.1) is 17.8 Å². The maximum atomic E-state index is 12.3. The monoisotopic (exact) mass is 267 g/mol. The summed E-state index contributed by atoms with van der Waals surface area (Å²) < 4.78 is 5.17. The van der Waals surface area contributed by atoms with E-state index < -0.39 is 17.7 Å². The number of alkyl carbamates (subject to hydrolysis) is 1. The summed E-state index contributed by atoms with van der Waals surface area (Å²) in [6, 6.07) is -0.443. The summed E-state index contributed by atoms with van der Waals surface area (Å²) in [5.74, 6) is 1.68. The summed E-state index contributed by atoms with van der Waals surface area (Å²) in [7, 11) is 0. The predicted octanol–water partition coefficient (Wildman–Crippen LogP) is 2.90. The highest BCUT2D eigenvalue weighted by molar-refractivity contribution is 5.89. The third-order valence-corrected chi connectivity index (χ3v) is 4.32. The second-order valence-corrected chi connectivity index (χ2v) is 6.97. The standard InChI is InChI=1S/C15H25NO3/c1-9(16-14(18)19-15(2,3)4)13(17)12-8-10-6-5-7-11(10)12/h9-12H,5-8H2,1-4H3,(H,16,18)/t9-,10?,11?,12?/m1/s1. The van der Waals surface area contributed by atoms with E-state index in [1.54, 1.807) is 6.92 Å². The molecular weight excluding hydrogens is 242 g/mol. The molecule has 3 unspecified atom stereocenters. The van der Waals surface area contributed by atoms with Crippen molar-refractivity contribution in [3.63, 3.8) is 0 Å². The fraction of sp³-hybridized carbons (Fsp3) is 0.867. The first-order valence-electron chi connectivity index (χ1n) is 7.31. The summed E-state index contributed by atoms with van der Waals surface area (Å²) in [6.45, 7) is 7.20. The maximum absolute atomic E-state index is 12.3. The second-order valence-electron chi connectivity index (χ2n) is 6.97. The van der Waals surface area contributed by atoms with E-state index in [4.69, 9.17) is 4.74 Å². The first-order chi connectivity index (χ1) is 8.78. The van der Waals surface area contributed by atoms with E-state index in [1.165, 1.54) is 19.3 Å². The Labute approximate surface area is 115 Å². The summed E-state index contributed by atoms with van der Waals surface area (Å²) in [5.41, 5.74) is -0.528. The van der Waals surface area contributed by atoms with Crippen LogP contribution < -0.4 is 5.32 Å². The van der Waals surface area contributed by atoms with Gasteiger partial charge in [0, 0.05) is 5.92 Å². The molecule has 0 aromatic carbocycles. The first kappa shape index (κ1) is 14.4. The predicted molar refractivity (Wildman–Crippen MR) is 72.8 cm³/mol. The third kappa shape index (κ3) is 3.28. The number of nitrogens with one attached hydrogen (secondary N) is 1. The molecule has 4 nitrogen and oxygen atoms in total. The van der Waals surface area contributed by atoms with Crippen molar-refractivity contribution in [3.8, 4) is 0 Å². The van der Waals surface area contributed by atoms with Gasteiger partial charge >= 0.3 is 6.09 Å². The normalized spacial score (nSPS) is 31.1. The van der Waals surface area contributed by atoms with Crippen molar-refractivity contribution in [1.29, 1.82) is 0 Å². The molecule has 4 heteroatoms. The van der Waals surface area contributed by atoms with Gasteiger partial charge < -0.3 is 10.1 Å². The number of Topliss-reactive ketones (excluding diaryl/α,β-unsaturated/α-hetero) is 1. The summed E-state index contributed by atoms with van der Waals surface area (Å²) in [6.07, 6.45) is 4.23. The van der Waals surface area contributed by atoms with Crippen LogP contribution in [0.3, 0.4) is 0 Å². The van der Waals surface area contributed by atoms with Crippen LogP contribution in [0.15, 0.2) is 0 Å². The highest BCUT2D eigenvalue weighted by atomic mass is 16.6. The number of hydrogen-bond acceptors (Lipinski definition) is 3. The van der Waals surface area contributed by atoms with E-state index in [-0.39, 0.29) is 11.7 Å². The maximum Gasteiger partial charge on any atom is 0.408 e. The summed E-state index contributed by atoms with van der Waals surface area (Å²) in [5, 5.41) is 2.65. The minimum atomic E-state index is -0.528. The van der Waals surface area contributed by atoms with Crippen molar-refractivity contribution in [1.82, 2.24) is 5.32 Å². The summed E-state index contributed by atoms with van der Waals surface area (Å²) in [4.78, 5) is 23.9. The van der Waals surface area contributed by atoms with E-state index in [0.29, 0.717) is 5.92 Å². The number of amides is 1. The third-order valence-electron chi connectivity index (χ3n) is 4.32. The van der Waals surface area contributed by atoms with Crippen LogP contribution in [-0.4, -0.2) is 23.5 Å². The van der Waals surface area contributed by atoms with Crippen LogP contribution in [0.1, 0.15) is 53.4 Å². The molecule has 1 amide bonds. The Balaban J connectivity index is 1.81. The molecule has 19 heavy (non-hydrogen) atoms. The molecule has 0 heterocycles. The number of rotatable bonds is 3. The van der Waals surface area contributed by atoms with E-state index in [0.717, 1.165) is 12.3 Å². The largest absolute Gasteiger partial charge is 0.444 e. The number of hydrogen-bond donors (Lipinski definition) is 1. The van der Waals surface area contributed by atoms with Crippen molar-refractivity contribution in [2.75, 3.05) is 0 Å².